The first-order valence-electron chi connectivity index (χ1n) is 6.53. The summed E-state index contributed by atoms with van der Waals surface area (Å²) in [6.45, 7) is 2.60. The molecule has 20 heavy (non-hydrogen) atoms. The van der Waals surface area contributed by atoms with Crippen molar-refractivity contribution >= 4 is 5.97 Å². The van der Waals surface area contributed by atoms with Gasteiger partial charge in [-0.05, 0) is 25.8 Å². The number of hydrogen-bond donors (Lipinski definition) is 2. The van der Waals surface area contributed by atoms with Crippen molar-refractivity contribution < 1.29 is 24.5 Å². The zero-order valence-corrected chi connectivity index (χ0v) is 12.1. The van der Waals surface area contributed by atoms with E-state index in [1.54, 1.807) is 7.11 Å². The third-order valence-corrected chi connectivity index (χ3v) is 2.66. The zero-order valence-electron chi connectivity index (χ0n) is 12.1. The first kappa shape index (κ1) is 16.6. The molecule has 5 nitrogen and oxygen atoms in total. The molecule has 0 saturated carbocycles. The van der Waals surface area contributed by atoms with Crippen LogP contribution in [0.4, 0.5) is 0 Å². The van der Waals surface area contributed by atoms with Gasteiger partial charge in [0.25, 0.3) is 0 Å². The molecule has 5 heteroatoms. The Hall–Kier alpha value is -1.43. The van der Waals surface area contributed by atoms with Gasteiger partial charge in [0.15, 0.2) is 11.9 Å². The van der Waals surface area contributed by atoms with Crippen molar-refractivity contribution in [3.8, 4) is 0 Å². The highest BCUT2D eigenvalue weighted by atomic mass is 16.6. The van der Waals surface area contributed by atoms with Crippen molar-refractivity contribution in [3.05, 3.63) is 35.9 Å². The lowest BCUT2D eigenvalue weighted by atomic mass is 9.98. The molecule has 1 aromatic rings. The Bertz CT molecular complexity index is 404. The van der Waals surface area contributed by atoms with E-state index in [9.17, 15) is 4.79 Å². The monoisotopic (exact) mass is 282 g/mol. The van der Waals surface area contributed by atoms with Crippen molar-refractivity contribution in [3.63, 3.8) is 0 Å². The van der Waals surface area contributed by atoms with Crippen LogP contribution >= 0.6 is 0 Å². The fourth-order valence-corrected chi connectivity index (χ4v) is 1.85. The Morgan fingerprint density at radius 1 is 1.25 bits per heavy atom. The quantitative estimate of drug-likeness (QED) is 0.639. The van der Waals surface area contributed by atoms with E-state index in [0.717, 1.165) is 12.0 Å². The first-order chi connectivity index (χ1) is 9.31. The van der Waals surface area contributed by atoms with Crippen LogP contribution in [0.25, 0.3) is 0 Å². The minimum atomic E-state index is -1.50. The molecule has 1 aliphatic rings. The third kappa shape index (κ3) is 6.14. The molecule has 112 valence electrons. The van der Waals surface area contributed by atoms with Crippen LogP contribution in [-0.2, 0) is 14.3 Å². The number of carbonyl (C=O) groups excluding carboxylic acids is 1. The Morgan fingerprint density at radius 3 is 2.30 bits per heavy atom. The van der Waals surface area contributed by atoms with Gasteiger partial charge < -0.3 is 19.7 Å². The molecule has 0 spiro atoms. The summed E-state index contributed by atoms with van der Waals surface area (Å²) in [5, 5.41) is 16.2. The molecule has 1 saturated heterocycles. The molecule has 2 unspecified atom stereocenters. The summed E-state index contributed by atoms with van der Waals surface area (Å²) < 4.78 is 10.6. The summed E-state index contributed by atoms with van der Waals surface area (Å²) in [5.74, 6) is -1.64. The maximum atomic E-state index is 11.2. The molecule has 0 radical (unpaired) electrons. The first-order valence-corrected chi connectivity index (χ1v) is 6.53. The number of rotatable bonds is 2. The van der Waals surface area contributed by atoms with Crippen LogP contribution in [-0.4, -0.2) is 35.2 Å². The lowest BCUT2D eigenvalue weighted by Crippen LogP contribution is -2.31. The standard InChI is InChI=1S/C12H14O3.C3H8O2/c1-14-10-7-8-11(13)15-12(10)9-5-3-2-4-6-9;1-3(2,4)5/h2-6,10,12H,7-8H2,1H3;4-5H,1-2H3. The van der Waals surface area contributed by atoms with E-state index in [4.69, 9.17) is 19.7 Å². The summed E-state index contributed by atoms with van der Waals surface area (Å²) in [5.41, 5.74) is 0.998. The molecule has 1 fully saturated rings. The maximum absolute atomic E-state index is 11.2. The second-order valence-electron chi connectivity index (χ2n) is 5.13. The van der Waals surface area contributed by atoms with Crippen molar-refractivity contribution in [2.45, 2.75) is 44.7 Å². The molecule has 1 aliphatic heterocycles. The summed E-state index contributed by atoms with van der Waals surface area (Å²) in [4.78, 5) is 11.2. The second kappa shape index (κ2) is 7.38. The molecule has 0 aliphatic carbocycles. The number of aliphatic hydroxyl groups is 2. The average molecular weight is 282 g/mol. The summed E-state index contributed by atoms with van der Waals surface area (Å²) in [6.07, 6.45) is 0.902. The highest BCUT2D eigenvalue weighted by molar-refractivity contribution is 5.70. The van der Waals surface area contributed by atoms with Gasteiger partial charge in [0.05, 0.1) is 6.10 Å². The number of ether oxygens (including phenoxy) is 2. The van der Waals surface area contributed by atoms with E-state index < -0.39 is 5.79 Å². The van der Waals surface area contributed by atoms with Gasteiger partial charge in [0, 0.05) is 13.5 Å². The van der Waals surface area contributed by atoms with Gasteiger partial charge in [-0.3, -0.25) is 4.79 Å². The summed E-state index contributed by atoms with van der Waals surface area (Å²) >= 11 is 0. The SMILES string of the molecule is CC(C)(O)O.COC1CCC(=O)OC1c1ccccc1. The highest BCUT2D eigenvalue weighted by Crippen LogP contribution is 2.30. The van der Waals surface area contributed by atoms with Crippen LogP contribution in [0.2, 0.25) is 0 Å². The van der Waals surface area contributed by atoms with Crippen LogP contribution < -0.4 is 0 Å². The fourth-order valence-electron chi connectivity index (χ4n) is 1.85. The van der Waals surface area contributed by atoms with Gasteiger partial charge >= 0.3 is 5.97 Å². The average Bonchev–Trinajstić information content (AvgIpc) is 2.38. The smallest absolute Gasteiger partial charge is 0.306 e. The van der Waals surface area contributed by atoms with E-state index in [1.165, 1.54) is 13.8 Å². The predicted octanol–water partition coefficient (Wildman–Crippen LogP) is 1.79. The topological polar surface area (TPSA) is 76.0 Å². The minimum absolute atomic E-state index is 0.0231. The van der Waals surface area contributed by atoms with E-state index in [-0.39, 0.29) is 18.2 Å². The van der Waals surface area contributed by atoms with Crippen molar-refractivity contribution in [2.75, 3.05) is 7.11 Å². The van der Waals surface area contributed by atoms with Crippen molar-refractivity contribution in [1.82, 2.24) is 0 Å². The zero-order chi connectivity index (χ0) is 15.2. The molecular weight excluding hydrogens is 260 g/mol. The molecule has 1 aromatic carbocycles. The van der Waals surface area contributed by atoms with E-state index in [1.807, 2.05) is 30.3 Å². The molecule has 2 N–H and O–H groups in total. The van der Waals surface area contributed by atoms with Gasteiger partial charge in [-0.2, -0.15) is 0 Å². The third-order valence-electron chi connectivity index (χ3n) is 2.66. The minimum Gasteiger partial charge on any atom is -0.455 e. The summed E-state index contributed by atoms with van der Waals surface area (Å²) in [7, 11) is 1.65. The number of cyclic esters (lactones) is 1. The van der Waals surface area contributed by atoms with Crippen LogP contribution in [0.15, 0.2) is 30.3 Å². The molecule has 0 aromatic heterocycles. The lowest BCUT2D eigenvalue weighted by molar-refractivity contribution is -0.166. The Labute approximate surface area is 119 Å². The van der Waals surface area contributed by atoms with Crippen LogP contribution in [0.3, 0.4) is 0 Å². The van der Waals surface area contributed by atoms with Crippen LogP contribution in [0.1, 0.15) is 38.4 Å². The molecule has 2 rings (SSSR count). The van der Waals surface area contributed by atoms with E-state index >= 15 is 0 Å². The second-order valence-corrected chi connectivity index (χ2v) is 5.13. The number of carbonyl (C=O) groups is 1. The molecule has 0 bridgehead atoms. The van der Waals surface area contributed by atoms with Gasteiger partial charge in [-0.15, -0.1) is 0 Å². The van der Waals surface area contributed by atoms with Gasteiger partial charge in [0.2, 0.25) is 0 Å². The molecule has 2 atom stereocenters. The van der Waals surface area contributed by atoms with Crippen molar-refractivity contribution in [2.24, 2.45) is 0 Å². The van der Waals surface area contributed by atoms with E-state index in [2.05, 4.69) is 0 Å². The van der Waals surface area contributed by atoms with Crippen LogP contribution in [0.5, 0.6) is 0 Å². The maximum Gasteiger partial charge on any atom is 0.306 e. The molecular formula is C15H22O5. The van der Waals surface area contributed by atoms with Gasteiger partial charge in [0.1, 0.15) is 0 Å². The number of hydrogen-bond acceptors (Lipinski definition) is 5. The number of esters is 1. The van der Waals surface area contributed by atoms with Crippen LogP contribution in [0, 0.1) is 0 Å². The van der Waals surface area contributed by atoms with E-state index in [0.29, 0.717) is 6.42 Å². The largest absolute Gasteiger partial charge is 0.455 e. The Morgan fingerprint density at radius 2 is 1.80 bits per heavy atom. The Kier molecular flexibility index (Phi) is 6.13. The van der Waals surface area contributed by atoms with Gasteiger partial charge in [-0.25, -0.2) is 0 Å². The summed E-state index contributed by atoms with van der Waals surface area (Å²) in [6, 6.07) is 9.72. The molecule has 1 heterocycles. The number of benzene rings is 1. The lowest BCUT2D eigenvalue weighted by Gasteiger charge is -2.30. The highest BCUT2D eigenvalue weighted by Gasteiger charge is 2.31. The number of methoxy groups -OCH3 is 1. The predicted molar refractivity (Wildman–Crippen MR) is 73.8 cm³/mol. The Balaban J connectivity index is 0.000000347. The van der Waals surface area contributed by atoms with Gasteiger partial charge in [-0.1, -0.05) is 30.3 Å². The van der Waals surface area contributed by atoms with Crippen molar-refractivity contribution in [1.29, 1.82) is 0 Å². The normalized spacial score (nSPS) is 22.6. The molecule has 0 amide bonds. The fraction of sp³-hybridized carbons (Fsp3) is 0.533.